The summed E-state index contributed by atoms with van der Waals surface area (Å²) in [6.07, 6.45) is -5.42. The number of carbonyl (C=O) groups is 1. The van der Waals surface area contributed by atoms with Gasteiger partial charge in [0.15, 0.2) is 5.75 Å². The maximum atomic E-state index is 13.8. The molecule has 25 heavy (non-hydrogen) atoms. The number of alkyl halides is 9. The van der Waals surface area contributed by atoms with Crippen LogP contribution in [0.4, 0.5) is 36.4 Å². The molecular formula is C12H7BrF7I2NO2. The Balaban J connectivity index is 3.71. The van der Waals surface area contributed by atoms with Crippen molar-refractivity contribution in [3.63, 3.8) is 0 Å². The third-order valence-corrected chi connectivity index (χ3v) is 7.13. The van der Waals surface area contributed by atoms with Crippen LogP contribution in [0.3, 0.4) is 0 Å². The van der Waals surface area contributed by atoms with Gasteiger partial charge in [0.1, 0.15) is 0 Å². The average molecular weight is 664 g/mol. The van der Waals surface area contributed by atoms with Crippen LogP contribution in [0.5, 0.6) is 5.75 Å². The molecule has 0 aliphatic rings. The molecule has 1 rings (SSSR count). The molecule has 0 spiro atoms. The predicted octanol–water partition coefficient (Wildman–Crippen LogP) is 6.23. The molecule has 1 N–H and O–H groups in total. The molecule has 0 fully saturated rings. The highest BCUT2D eigenvalue weighted by Gasteiger charge is 2.68. The first kappa shape index (κ1) is 23.0. The van der Waals surface area contributed by atoms with Gasteiger partial charge in [-0.1, -0.05) is 22.6 Å². The molecule has 0 radical (unpaired) electrons. The molecule has 3 nitrogen and oxygen atoms in total. The second kappa shape index (κ2) is 7.90. The van der Waals surface area contributed by atoms with Gasteiger partial charge < -0.3 is 10.1 Å². The van der Waals surface area contributed by atoms with Crippen molar-refractivity contribution in [3.8, 4) is 5.75 Å². The second-order valence-corrected chi connectivity index (χ2v) is 8.37. The Labute approximate surface area is 172 Å². The summed E-state index contributed by atoms with van der Waals surface area (Å²) in [6, 6.07) is 1.06. The molecule has 142 valence electrons. The number of amides is 1. The van der Waals surface area contributed by atoms with Crippen molar-refractivity contribution >= 4 is 72.7 Å². The van der Waals surface area contributed by atoms with Crippen LogP contribution in [-0.4, -0.2) is 22.6 Å². The van der Waals surface area contributed by atoms with Crippen LogP contribution in [0.2, 0.25) is 0 Å². The van der Waals surface area contributed by atoms with E-state index in [0.717, 1.165) is 6.92 Å². The van der Waals surface area contributed by atoms with E-state index in [9.17, 15) is 35.5 Å². The van der Waals surface area contributed by atoms with Crippen molar-refractivity contribution in [2.24, 2.45) is 0 Å². The Morgan fingerprint density at radius 1 is 1.20 bits per heavy atom. The van der Waals surface area contributed by atoms with Crippen LogP contribution in [-0.2, 0) is 8.22 Å². The number of benzene rings is 1. The minimum absolute atomic E-state index is 0.327. The van der Waals surface area contributed by atoms with E-state index in [0.29, 0.717) is 57.3 Å². The number of ether oxygens (including phenoxy) is 1. The zero-order chi connectivity index (χ0) is 19.8. The monoisotopic (exact) mass is 663 g/mol. The lowest BCUT2D eigenvalue weighted by Gasteiger charge is -2.34. The van der Waals surface area contributed by atoms with E-state index in [2.05, 4.69) is 26.0 Å². The smallest absolute Gasteiger partial charge is 0.413 e. The fraction of sp³-hybridized carbons (Fsp3) is 0.417. The lowest BCUT2D eigenvalue weighted by Crippen LogP contribution is -2.48. The quantitative estimate of drug-likeness (QED) is 0.231. The molecule has 1 aromatic rings. The minimum atomic E-state index is -5.42. The summed E-state index contributed by atoms with van der Waals surface area (Å²) in [5, 5.41) is 2.09. The highest BCUT2D eigenvalue weighted by atomic mass is 127. The van der Waals surface area contributed by atoms with Crippen LogP contribution in [0.15, 0.2) is 16.6 Å². The standard InChI is InChI=1S/C12H7BrF7I2NO2/c1-4(24)23-8-6(13)2-5(3-7(8)25-9(14)15)10(21,11(16,17)18)12(19,20)22/h2-3,9H,1H3,(H,23,24). The first-order valence-electron chi connectivity index (χ1n) is 6.00. The number of halogens is 10. The number of hydrogen-bond acceptors (Lipinski definition) is 2. The molecule has 0 saturated carbocycles. The van der Waals surface area contributed by atoms with Crippen LogP contribution in [0.1, 0.15) is 12.5 Å². The summed E-state index contributed by atoms with van der Waals surface area (Å²) < 4.78 is 88.4. The summed E-state index contributed by atoms with van der Waals surface area (Å²) in [5.74, 6) is -1.62. The van der Waals surface area contributed by atoms with Crippen molar-refractivity contribution in [2.45, 2.75) is 27.1 Å². The number of nitrogens with one attached hydrogen (secondary N) is 1. The number of rotatable bonds is 5. The Kier molecular flexibility index (Phi) is 7.26. The normalized spacial score (nSPS) is 15.0. The van der Waals surface area contributed by atoms with E-state index in [-0.39, 0.29) is 4.47 Å². The molecule has 0 bridgehead atoms. The van der Waals surface area contributed by atoms with Crippen molar-refractivity contribution in [1.29, 1.82) is 0 Å². The molecular weight excluding hydrogens is 657 g/mol. The summed E-state index contributed by atoms with van der Waals surface area (Å²) in [7, 11) is 0. The van der Waals surface area contributed by atoms with Gasteiger partial charge in [-0.3, -0.25) is 4.79 Å². The minimum Gasteiger partial charge on any atom is -0.433 e. The largest absolute Gasteiger partial charge is 0.433 e. The van der Waals surface area contributed by atoms with Gasteiger partial charge in [-0.05, 0) is 33.6 Å². The zero-order valence-electron chi connectivity index (χ0n) is 11.8. The van der Waals surface area contributed by atoms with Gasteiger partial charge in [-0.15, -0.1) is 0 Å². The van der Waals surface area contributed by atoms with Gasteiger partial charge in [0, 0.05) is 34.0 Å². The highest BCUT2D eigenvalue weighted by molar-refractivity contribution is 14.1. The Morgan fingerprint density at radius 3 is 2.08 bits per heavy atom. The van der Waals surface area contributed by atoms with Crippen molar-refractivity contribution in [3.05, 3.63) is 22.2 Å². The van der Waals surface area contributed by atoms with Crippen LogP contribution in [0, 0.1) is 0 Å². The van der Waals surface area contributed by atoms with E-state index >= 15 is 0 Å². The molecule has 0 saturated heterocycles. The maximum absolute atomic E-state index is 13.8. The third kappa shape index (κ3) is 5.01. The van der Waals surface area contributed by atoms with Crippen LogP contribution >= 0.6 is 61.1 Å². The van der Waals surface area contributed by atoms with Gasteiger partial charge in [-0.25, -0.2) is 0 Å². The predicted molar refractivity (Wildman–Crippen MR) is 95.8 cm³/mol. The summed E-state index contributed by atoms with van der Waals surface area (Å²) in [6.45, 7) is -2.44. The lowest BCUT2D eigenvalue weighted by atomic mass is 9.98. The molecule has 0 heterocycles. The Morgan fingerprint density at radius 2 is 1.72 bits per heavy atom. The van der Waals surface area contributed by atoms with E-state index in [4.69, 9.17) is 0 Å². The Hall–Kier alpha value is -0.0600. The lowest BCUT2D eigenvalue weighted by molar-refractivity contribution is -0.189. The van der Waals surface area contributed by atoms with Crippen molar-refractivity contribution in [1.82, 2.24) is 0 Å². The number of carbonyl (C=O) groups excluding carboxylic acids is 1. The van der Waals surface area contributed by atoms with Gasteiger partial charge >= 0.3 is 16.7 Å². The van der Waals surface area contributed by atoms with Gasteiger partial charge in [-0.2, -0.15) is 30.7 Å². The first-order chi connectivity index (χ1) is 11.1. The SMILES string of the molecule is CC(=O)Nc1c(Br)cc(C(I)(C(F)(F)F)C(F)(F)I)cc1OC(F)F. The van der Waals surface area contributed by atoms with Crippen molar-refractivity contribution < 1.29 is 40.3 Å². The summed E-state index contributed by atoms with van der Waals surface area (Å²) >= 11 is 3.64. The molecule has 1 amide bonds. The summed E-state index contributed by atoms with van der Waals surface area (Å²) in [5.41, 5.74) is -1.44. The maximum Gasteiger partial charge on any atom is 0.413 e. The van der Waals surface area contributed by atoms with E-state index in [1.807, 2.05) is 0 Å². The highest BCUT2D eigenvalue weighted by Crippen LogP contribution is 2.60. The molecule has 0 aromatic heterocycles. The zero-order valence-corrected chi connectivity index (χ0v) is 17.7. The Bertz CT molecular complexity index is 650. The fourth-order valence-corrected chi connectivity index (χ4v) is 3.22. The van der Waals surface area contributed by atoms with E-state index < -0.39 is 43.0 Å². The number of anilines is 1. The first-order valence-corrected chi connectivity index (χ1v) is 8.95. The molecule has 13 heteroatoms. The molecule has 0 aliphatic carbocycles. The van der Waals surface area contributed by atoms with E-state index in [1.54, 1.807) is 0 Å². The molecule has 0 aliphatic heterocycles. The molecule has 1 aromatic carbocycles. The third-order valence-electron chi connectivity index (χ3n) is 2.75. The summed E-state index contributed by atoms with van der Waals surface area (Å²) in [4.78, 5) is 11.1. The topological polar surface area (TPSA) is 38.3 Å². The van der Waals surface area contributed by atoms with Crippen molar-refractivity contribution in [2.75, 3.05) is 5.32 Å². The molecule has 1 unspecified atom stereocenters. The van der Waals surface area contributed by atoms with Gasteiger partial charge in [0.05, 0.1) is 5.69 Å². The number of hydrogen-bond donors (Lipinski definition) is 1. The fourth-order valence-electron chi connectivity index (χ4n) is 1.75. The average Bonchev–Trinajstić information content (AvgIpc) is 2.37. The van der Waals surface area contributed by atoms with Gasteiger partial charge in [0.2, 0.25) is 9.33 Å². The van der Waals surface area contributed by atoms with Crippen LogP contribution in [0.25, 0.3) is 0 Å². The van der Waals surface area contributed by atoms with Gasteiger partial charge in [0.25, 0.3) is 0 Å². The molecule has 1 atom stereocenters. The second-order valence-electron chi connectivity index (χ2n) is 4.54. The van der Waals surface area contributed by atoms with Crippen LogP contribution < -0.4 is 10.1 Å². The van der Waals surface area contributed by atoms with E-state index in [1.165, 1.54) is 0 Å².